The summed E-state index contributed by atoms with van der Waals surface area (Å²) in [4.78, 5) is 15.8. The number of fused-ring (bicyclic) bond motifs is 1. The van der Waals surface area contributed by atoms with Gasteiger partial charge >= 0.3 is 6.18 Å². The zero-order valence-corrected chi connectivity index (χ0v) is 16.7. The van der Waals surface area contributed by atoms with E-state index in [1.54, 1.807) is 6.07 Å². The highest BCUT2D eigenvalue weighted by Crippen LogP contribution is 2.35. The van der Waals surface area contributed by atoms with E-state index in [0.717, 1.165) is 35.6 Å². The molecule has 2 aromatic carbocycles. The molecular formula is C23H26F3N2O2+. The topological polar surface area (TPSA) is 45.0 Å². The molecule has 1 amide bonds. The summed E-state index contributed by atoms with van der Waals surface area (Å²) in [6.45, 7) is 2.10. The molecule has 7 heteroatoms. The number of para-hydroxylation sites is 1. The Morgan fingerprint density at radius 1 is 1.10 bits per heavy atom. The second kappa shape index (κ2) is 8.04. The summed E-state index contributed by atoms with van der Waals surface area (Å²) in [5.41, 5.74) is 0.427. The van der Waals surface area contributed by atoms with Gasteiger partial charge in [-0.15, -0.1) is 0 Å². The van der Waals surface area contributed by atoms with E-state index in [4.69, 9.17) is 0 Å². The predicted octanol–water partition coefficient (Wildman–Crippen LogP) is 2.55. The first-order valence-electron chi connectivity index (χ1n) is 10.4. The molecule has 2 aliphatic heterocycles. The average Bonchev–Trinajstić information content (AvgIpc) is 2.74. The third-order valence-corrected chi connectivity index (χ3v) is 6.32. The van der Waals surface area contributed by atoms with Crippen molar-refractivity contribution in [2.24, 2.45) is 0 Å². The molecule has 4 rings (SSSR count). The molecule has 0 aromatic heterocycles. The number of amides is 1. The van der Waals surface area contributed by atoms with Gasteiger partial charge in [-0.3, -0.25) is 4.79 Å². The molecule has 30 heavy (non-hydrogen) atoms. The lowest BCUT2D eigenvalue weighted by molar-refractivity contribution is -0.899. The molecular weight excluding hydrogens is 393 g/mol. The largest absolute Gasteiger partial charge is 0.416 e. The van der Waals surface area contributed by atoms with Gasteiger partial charge in [0.15, 0.2) is 6.54 Å². The van der Waals surface area contributed by atoms with E-state index < -0.39 is 17.3 Å². The van der Waals surface area contributed by atoms with Crippen LogP contribution in [0.25, 0.3) is 0 Å². The second-order valence-electron chi connectivity index (χ2n) is 8.31. The molecule has 2 N–H and O–H groups in total. The van der Waals surface area contributed by atoms with Gasteiger partial charge in [-0.2, -0.15) is 13.2 Å². The van der Waals surface area contributed by atoms with Crippen molar-refractivity contribution in [2.75, 3.05) is 31.1 Å². The van der Waals surface area contributed by atoms with E-state index in [1.165, 1.54) is 11.6 Å². The summed E-state index contributed by atoms with van der Waals surface area (Å²) in [6, 6.07) is 12.9. The molecule has 0 bridgehead atoms. The minimum Gasteiger partial charge on any atom is -0.385 e. The Labute approximate surface area is 173 Å². The molecule has 1 saturated heterocycles. The third-order valence-electron chi connectivity index (χ3n) is 6.32. The Morgan fingerprint density at radius 2 is 1.83 bits per heavy atom. The molecule has 4 nitrogen and oxygen atoms in total. The van der Waals surface area contributed by atoms with Crippen LogP contribution in [0.2, 0.25) is 0 Å². The van der Waals surface area contributed by atoms with E-state index in [1.807, 2.05) is 23.1 Å². The highest BCUT2D eigenvalue weighted by molar-refractivity contribution is 5.95. The molecule has 160 valence electrons. The summed E-state index contributed by atoms with van der Waals surface area (Å²) >= 11 is 0. The van der Waals surface area contributed by atoms with Crippen LogP contribution in [0.15, 0.2) is 48.5 Å². The molecule has 0 aliphatic carbocycles. The van der Waals surface area contributed by atoms with Crippen molar-refractivity contribution < 1.29 is 28.0 Å². The van der Waals surface area contributed by atoms with Gasteiger partial charge in [0.25, 0.3) is 5.91 Å². The van der Waals surface area contributed by atoms with Crippen molar-refractivity contribution in [1.29, 1.82) is 0 Å². The minimum absolute atomic E-state index is 0.0571. The first kappa shape index (κ1) is 20.9. The number of rotatable bonds is 3. The van der Waals surface area contributed by atoms with Crippen LogP contribution in [0, 0.1) is 0 Å². The normalized spacial score (nSPS) is 24.4. The zero-order chi connectivity index (χ0) is 21.4. The lowest BCUT2D eigenvalue weighted by Crippen LogP contribution is -3.14. The molecule has 2 aromatic rings. The van der Waals surface area contributed by atoms with Gasteiger partial charge in [0.05, 0.1) is 18.7 Å². The number of piperidine rings is 1. The van der Waals surface area contributed by atoms with Crippen LogP contribution >= 0.6 is 0 Å². The number of carbonyl (C=O) groups is 1. The minimum atomic E-state index is -4.44. The molecule has 2 aliphatic rings. The van der Waals surface area contributed by atoms with Gasteiger partial charge in [0.2, 0.25) is 0 Å². The van der Waals surface area contributed by atoms with Crippen LogP contribution < -0.4 is 9.80 Å². The zero-order valence-electron chi connectivity index (χ0n) is 16.7. The number of benzene rings is 2. The predicted molar refractivity (Wildman–Crippen MR) is 107 cm³/mol. The number of hydrogen-bond donors (Lipinski definition) is 2. The number of carbonyl (C=O) groups excluding carboxylic acids is 1. The van der Waals surface area contributed by atoms with Crippen LogP contribution in [0.4, 0.5) is 18.9 Å². The lowest BCUT2D eigenvalue weighted by atomic mass is 9.83. The fourth-order valence-electron chi connectivity index (χ4n) is 4.57. The second-order valence-corrected chi connectivity index (χ2v) is 8.31. The van der Waals surface area contributed by atoms with Gasteiger partial charge in [0, 0.05) is 25.1 Å². The molecule has 1 fully saturated rings. The van der Waals surface area contributed by atoms with Crippen molar-refractivity contribution in [1.82, 2.24) is 0 Å². The maximum absolute atomic E-state index is 13.0. The van der Waals surface area contributed by atoms with Crippen molar-refractivity contribution in [2.45, 2.75) is 37.5 Å². The van der Waals surface area contributed by atoms with Gasteiger partial charge in [-0.05, 0) is 42.2 Å². The number of aryl methyl sites for hydroxylation is 1. The Hall–Kier alpha value is -2.38. The quantitative estimate of drug-likeness (QED) is 0.803. The molecule has 0 atom stereocenters. The highest BCUT2D eigenvalue weighted by atomic mass is 19.4. The van der Waals surface area contributed by atoms with Gasteiger partial charge in [0.1, 0.15) is 5.60 Å². The number of aliphatic hydroxyl groups is 1. The Morgan fingerprint density at radius 3 is 2.57 bits per heavy atom. The van der Waals surface area contributed by atoms with Gasteiger partial charge in [-0.1, -0.05) is 30.3 Å². The number of quaternary nitrogens is 1. The van der Waals surface area contributed by atoms with Crippen molar-refractivity contribution in [3.05, 3.63) is 65.2 Å². The van der Waals surface area contributed by atoms with E-state index in [2.05, 4.69) is 6.07 Å². The number of halogens is 3. The summed E-state index contributed by atoms with van der Waals surface area (Å²) in [5.74, 6) is 0.0571. The van der Waals surface area contributed by atoms with E-state index in [9.17, 15) is 23.1 Å². The fourth-order valence-corrected chi connectivity index (χ4v) is 4.57. The maximum Gasteiger partial charge on any atom is 0.416 e. The number of likely N-dealkylation sites (tertiary alicyclic amines) is 1. The first-order chi connectivity index (χ1) is 14.3. The first-order valence-corrected chi connectivity index (χ1v) is 10.4. The smallest absolute Gasteiger partial charge is 0.385 e. The number of anilines is 1. The summed E-state index contributed by atoms with van der Waals surface area (Å²) in [5, 5.41) is 11.0. The standard InChI is InChI=1S/C23H25F3N2O2/c24-23(25,26)19-8-3-7-18(15-19)22(30)10-13-27(14-11-22)16-21(29)28-12-4-6-17-5-1-2-9-20(17)28/h1-3,5,7-9,15,30H,4,6,10-14,16H2/p+1. The third kappa shape index (κ3) is 4.23. The van der Waals surface area contributed by atoms with Gasteiger partial charge < -0.3 is 14.9 Å². The van der Waals surface area contributed by atoms with Crippen LogP contribution in [0.1, 0.15) is 36.0 Å². The van der Waals surface area contributed by atoms with E-state index in [0.29, 0.717) is 44.6 Å². The Balaban J connectivity index is 1.40. The molecule has 0 saturated carbocycles. The number of hydrogen-bond acceptors (Lipinski definition) is 2. The van der Waals surface area contributed by atoms with E-state index in [-0.39, 0.29) is 5.91 Å². The summed E-state index contributed by atoms with van der Waals surface area (Å²) in [6.07, 6.45) is -1.87. The van der Waals surface area contributed by atoms with Crippen molar-refractivity contribution >= 4 is 11.6 Å². The van der Waals surface area contributed by atoms with Crippen molar-refractivity contribution in [3.63, 3.8) is 0 Å². The molecule has 2 heterocycles. The summed E-state index contributed by atoms with van der Waals surface area (Å²) < 4.78 is 39.1. The van der Waals surface area contributed by atoms with Crippen LogP contribution in [-0.4, -0.2) is 37.2 Å². The molecule has 0 radical (unpaired) electrons. The average molecular weight is 419 g/mol. The Bertz CT molecular complexity index is 921. The lowest BCUT2D eigenvalue weighted by Gasteiger charge is -2.37. The van der Waals surface area contributed by atoms with Crippen LogP contribution in [0.3, 0.4) is 0 Å². The maximum atomic E-state index is 13.0. The monoisotopic (exact) mass is 419 g/mol. The number of nitrogens with one attached hydrogen (secondary N) is 1. The van der Waals surface area contributed by atoms with Crippen molar-refractivity contribution in [3.8, 4) is 0 Å². The van der Waals surface area contributed by atoms with Crippen LogP contribution in [-0.2, 0) is 23.0 Å². The Kier molecular flexibility index (Phi) is 5.59. The summed E-state index contributed by atoms with van der Waals surface area (Å²) in [7, 11) is 0. The molecule has 0 spiro atoms. The number of nitrogens with zero attached hydrogens (tertiary/aromatic N) is 1. The van der Waals surface area contributed by atoms with Gasteiger partial charge in [-0.25, -0.2) is 0 Å². The van der Waals surface area contributed by atoms with E-state index >= 15 is 0 Å². The highest BCUT2D eigenvalue weighted by Gasteiger charge is 2.39. The molecule has 0 unspecified atom stereocenters. The van der Waals surface area contributed by atoms with Crippen LogP contribution in [0.5, 0.6) is 0 Å². The SMILES string of the molecule is O=C(C[NH+]1CCC(O)(c2cccc(C(F)(F)F)c2)CC1)N1CCCc2ccccc21. The fraction of sp³-hybridized carbons (Fsp3) is 0.435. The number of alkyl halides is 3.